The Balaban J connectivity index is 4.28. The first kappa shape index (κ1) is 60.6. The van der Waals surface area contributed by atoms with Crippen molar-refractivity contribution >= 4 is 17.9 Å². The van der Waals surface area contributed by atoms with Gasteiger partial charge < -0.3 is 14.2 Å². The van der Waals surface area contributed by atoms with Crippen LogP contribution in [0.4, 0.5) is 0 Å². The Labute approximate surface area is 391 Å². The van der Waals surface area contributed by atoms with Gasteiger partial charge >= 0.3 is 17.9 Å². The molecule has 0 rings (SSSR count). The van der Waals surface area contributed by atoms with Crippen LogP contribution in [0.3, 0.4) is 0 Å². The maximum Gasteiger partial charge on any atom is 0.306 e. The van der Waals surface area contributed by atoms with Crippen LogP contribution in [-0.2, 0) is 28.6 Å². The number of hydrogen-bond donors (Lipinski definition) is 0. The number of esters is 3. The number of allylic oxidation sites excluding steroid dienone is 6. The largest absolute Gasteiger partial charge is 0.462 e. The molecule has 0 aliphatic rings. The van der Waals surface area contributed by atoms with Crippen LogP contribution in [0.1, 0.15) is 290 Å². The van der Waals surface area contributed by atoms with Crippen molar-refractivity contribution in [2.75, 3.05) is 13.2 Å². The predicted octanol–water partition coefficient (Wildman–Crippen LogP) is 18.1. The summed E-state index contributed by atoms with van der Waals surface area (Å²) in [4.78, 5) is 38.0. The Morgan fingerprint density at radius 1 is 0.317 bits per heavy atom. The first-order chi connectivity index (χ1) is 31.0. The zero-order chi connectivity index (χ0) is 45.8. The molecule has 63 heavy (non-hydrogen) atoms. The van der Waals surface area contributed by atoms with E-state index >= 15 is 0 Å². The third kappa shape index (κ3) is 50.5. The molecule has 368 valence electrons. The first-order valence-electron chi connectivity index (χ1n) is 27.5. The minimum atomic E-state index is -0.772. The van der Waals surface area contributed by atoms with Gasteiger partial charge in [-0.25, -0.2) is 0 Å². The van der Waals surface area contributed by atoms with E-state index in [1.165, 1.54) is 186 Å². The molecule has 0 unspecified atom stereocenters. The second-order valence-electron chi connectivity index (χ2n) is 18.5. The highest BCUT2D eigenvalue weighted by atomic mass is 16.6. The van der Waals surface area contributed by atoms with E-state index in [1.807, 2.05) is 0 Å². The van der Waals surface area contributed by atoms with Crippen molar-refractivity contribution in [3.05, 3.63) is 36.5 Å². The smallest absolute Gasteiger partial charge is 0.306 e. The van der Waals surface area contributed by atoms with Crippen molar-refractivity contribution in [1.82, 2.24) is 0 Å². The molecule has 0 aliphatic heterocycles. The van der Waals surface area contributed by atoms with E-state index in [4.69, 9.17) is 14.2 Å². The molecular weight excluding hydrogens is 781 g/mol. The summed E-state index contributed by atoms with van der Waals surface area (Å²) in [7, 11) is 0. The summed E-state index contributed by atoms with van der Waals surface area (Å²) in [6, 6.07) is 0. The molecule has 0 aromatic carbocycles. The van der Waals surface area contributed by atoms with Crippen molar-refractivity contribution < 1.29 is 28.6 Å². The third-order valence-corrected chi connectivity index (χ3v) is 12.1. The number of carbonyl (C=O) groups is 3. The van der Waals surface area contributed by atoms with E-state index in [0.29, 0.717) is 19.3 Å². The standard InChI is InChI=1S/C57H104O6/c1-4-7-10-13-16-19-21-23-25-27-28-30-31-33-35-38-41-44-47-50-56(59)62-53-54(52-61-55(58)49-46-43-40-37-18-15-12-9-6-3)63-57(60)51-48-45-42-39-36-34-32-29-26-24-22-20-17-14-11-8-5-2/h16,19,23-26,54H,4-15,17-18,20-22,27-53H2,1-3H3/b19-16-,25-23-,26-24-/t54-/m1/s1. The lowest BCUT2D eigenvalue weighted by Gasteiger charge is -2.18. The fourth-order valence-corrected chi connectivity index (χ4v) is 7.94. The Kier molecular flexibility index (Phi) is 50.3. The van der Waals surface area contributed by atoms with Gasteiger partial charge in [0, 0.05) is 19.3 Å². The van der Waals surface area contributed by atoms with E-state index in [1.54, 1.807) is 0 Å². The molecule has 0 bridgehead atoms. The second-order valence-corrected chi connectivity index (χ2v) is 18.5. The molecule has 6 heteroatoms. The number of hydrogen-bond acceptors (Lipinski definition) is 6. The van der Waals surface area contributed by atoms with E-state index in [9.17, 15) is 14.4 Å². The lowest BCUT2D eigenvalue weighted by atomic mass is 10.1. The number of rotatable bonds is 50. The molecule has 1 atom stereocenters. The Bertz CT molecular complexity index is 1060. The van der Waals surface area contributed by atoms with Crippen LogP contribution in [0, 0.1) is 0 Å². The van der Waals surface area contributed by atoms with E-state index in [-0.39, 0.29) is 31.1 Å². The molecular formula is C57H104O6. The summed E-state index contributed by atoms with van der Waals surface area (Å²) in [5, 5.41) is 0. The molecule has 0 spiro atoms. The molecule has 0 radical (unpaired) electrons. The average molecular weight is 885 g/mol. The molecule has 0 aliphatic carbocycles. The number of carbonyl (C=O) groups excluding carboxylic acids is 3. The molecule has 0 N–H and O–H groups in total. The van der Waals surface area contributed by atoms with Gasteiger partial charge in [0.2, 0.25) is 0 Å². The van der Waals surface area contributed by atoms with Crippen molar-refractivity contribution in [3.63, 3.8) is 0 Å². The van der Waals surface area contributed by atoms with E-state index in [2.05, 4.69) is 57.2 Å². The zero-order valence-corrected chi connectivity index (χ0v) is 42.1. The third-order valence-electron chi connectivity index (χ3n) is 12.1. The average Bonchev–Trinajstić information content (AvgIpc) is 3.28. The summed E-state index contributed by atoms with van der Waals surface area (Å²) in [5.74, 6) is -0.871. The molecule has 0 saturated carbocycles. The summed E-state index contributed by atoms with van der Waals surface area (Å²) in [6.45, 7) is 6.61. The van der Waals surface area contributed by atoms with Crippen LogP contribution in [0.2, 0.25) is 0 Å². The van der Waals surface area contributed by atoms with Crippen LogP contribution in [-0.4, -0.2) is 37.2 Å². The van der Waals surface area contributed by atoms with E-state index in [0.717, 1.165) is 64.2 Å². The zero-order valence-electron chi connectivity index (χ0n) is 42.1. The van der Waals surface area contributed by atoms with Gasteiger partial charge in [0.15, 0.2) is 6.10 Å². The van der Waals surface area contributed by atoms with Crippen LogP contribution in [0.5, 0.6) is 0 Å². The quantitative estimate of drug-likeness (QED) is 0.0262. The monoisotopic (exact) mass is 885 g/mol. The maximum atomic E-state index is 12.8. The highest BCUT2D eigenvalue weighted by Gasteiger charge is 2.19. The normalized spacial score (nSPS) is 12.2. The highest BCUT2D eigenvalue weighted by molar-refractivity contribution is 5.71. The minimum absolute atomic E-state index is 0.0724. The van der Waals surface area contributed by atoms with Crippen LogP contribution >= 0.6 is 0 Å². The van der Waals surface area contributed by atoms with Crippen LogP contribution < -0.4 is 0 Å². The number of unbranched alkanes of at least 4 members (excludes halogenated alkanes) is 33. The fourth-order valence-electron chi connectivity index (χ4n) is 7.94. The van der Waals surface area contributed by atoms with Gasteiger partial charge in [0.1, 0.15) is 13.2 Å². The van der Waals surface area contributed by atoms with Crippen LogP contribution in [0.15, 0.2) is 36.5 Å². The molecule has 0 fully saturated rings. The lowest BCUT2D eigenvalue weighted by Crippen LogP contribution is -2.30. The predicted molar refractivity (Wildman–Crippen MR) is 270 cm³/mol. The first-order valence-corrected chi connectivity index (χ1v) is 27.5. The molecule has 0 aromatic heterocycles. The maximum absolute atomic E-state index is 12.8. The highest BCUT2D eigenvalue weighted by Crippen LogP contribution is 2.15. The molecule has 0 amide bonds. The Morgan fingerprint density at radius 3 is 0.921 bits per heavy atom. The minimum Gasteiger partial charge on any atom is -0.462 e. The van der Waals surface area contributed by atoms with Crippen LogP contribution in [0.25, 0.3) is 0 Å². The molecule has 6 nitrogen and oxygen atoms in total. The molecule has 0 saturated heterocycles. The van der Waals surface area contributed by atoms with Gasteiger partial charge in [-0.15, -0.1) is 0 Å². The van der Waals surface area contributed by atoms with E-state index < -0.39 is 6.10 Å². The van der Waals surface area contributed by atoms with Crippen molar-refractivity contribution in [1.29, 1.82) is 0 Å². The Morgan fingerprint density at radius 2 is 0.571 bits per heavy atom. The molecule has 0 heterocycles. The molecule has 0 aromatic rings. The van der Waals surface area contributed by atoms with Crippen molar-refractivity contribution in [2.24, 2.45) is 0 Å². The van der Waals surface area contributed by atoms with Gasteiger partial charge in [-0.3, -0.25) is 14.4 Å². The topological polar surface area (TPSA) is 78.9 Å². The fraction of sp³-hybridized carbons (Fsp3) is 0.842. The van der Waals surface area contributed by atoms with Gasteiger partial charge in [-0.1, -0.05) is 231 Å². The summed E-state index contributed by atoms with van der Waals surface area (Å²) in [6.07, 6.45) is 61.3. The van der Waals surface area contributed by atoms with Crippen molar-refractivity contribution in [3.8, 4) is 0 Å². The van der Waals surface area contributed by atoms with Gasteiger partial charge in [0.25, 0.3) is 0 Å². The van der Waals surface area contributed by atoms with Gasteiger partial charge in [-0.05, 0) is 77.0 Å². The van der Waals surface area contributed by atoms with Gasteiger partial charge in [0.05, 0.1) is 0 Å². The summed E-state index contributed by atoms with van der Waals surface area (Å²) >= 11 is 0. The number of ether oxygens (including phenoxy) is 3. The SMILES string of the molecule is CCCCC/C=C\C/C=C\CCCCCCCCCCCC(=O)OC[C@@H](COC(=O)CCCCCCCCCCC)OC(=O)CCCCCCCCC/C=C\CCCCCCCC. The lowest BCUT2D eigenvalue weighted by molar-refractivity contribution is -0.167. The second kappa shape index (κ2) is 52.3. The van der Waals surface area contributed by atoms with Crippen molar-refractivity contribution in [2.45, 2.75) is 297 Å². The Hall–Kier alpha value is -2.37. The van der Waals surface area contributed by atoms with Gasteiger partial charge in [-0.2, -0.15) is 0 Å². The summed E-state index contributed by atoms with van der Waals surface area (Å²) in [5.41, 5.74) is 0. The summed E-state index contributed by atoms with van der Waals surface area (Å²) < 4.78 is 16.8.